The monoisotopic (exact) mass is 390 g/mol. The van der Waals surface area contributed by atoms with Gasteiger partial charge in [0.25, 0.3) is 5.91 Å². The Morgan fingerprint density at radius 1 is 1.26 bits per heavy atom. The number of hydrogen-bond acceptors (Lipinski definition) is 5. The number of oxime groups is 1. The van der Waals surface area contributed by atoms with E-state index in [4.69, 9.17) is 25.9 Å². The lowest BCUT2D eigenvalue weighted by atomic mass is 10.1. The van der Waals surface area contributed by atoms with E-state index < -0.39 is 0 Å². The predicted octanol–water partition coefficient (Wildman–Crippen LogP) is 4.35. The van der Waals surface area contributed by atoms with Crippen molar-refractivity contribution in [3.63, 3.8) is 0 Å². The minimum Gasteiger partial charge on any atom is -0.493 e. The summed E-state index contributed by atoms with van der Waals surface area (Å²) in [5, 5.41) is 7.06. The molecule has 27 heavy (non-hydrogen) atoms. The second-order valence-electron chi connectivity index (χ2n) is 5.79. The van der Waals surface area contributed by atoms with Crippen LogP contribution in [0.4, 0.5) is 5.69 Å². The standard InChI is InChI=1S/C20H23ClN2O4/c1-5-26-20-16(21)9-15(10-17(20)25-4)11-22-27-12-18(24)23-19-13(2)7-6-8-14(19)3/h6-11H,5,12H2,1-4H3,(H,23,24)/b22-11-. The molecule has 0 unspecified atom stereocenters. The number of carbonyl (C=O) groups excluding carboxylic acids is 1. The van der Waals surface area contributed by atoms with Crippen LogP contribution in [0, 0.1) is 13.8 Å². The maximum absolute atomic E-state index is 12.0. The summed E-state index contributed by atoms with van der Waals surface area (Å²) in [6.07, 6.45) is 1.45. The zero-order valence-corrected chi connectivity index (χ0v) is 16.6. The Kier molecular flexibility index (Phi) is 7.49. The third-order valence-electron chi connectivity index (χ3n) is 3.76. The zero-order valence-electron chi connectivity index (χ0n) is 15.8. The highest BCUT2D eigenvalue weighted by Gasteiger charge is 2.11. The zero-order chi connectivity index (χ0) is 19.8. The highest BCUT2D eigenvalue weighted by atomic mass is 35.5. The summed E-state index contributed by atoms with van der Waals surface area (Å²) >= 11 is 6.20. The number of halogens is 1. The van der Waals surface area contributed by atoms with Crippen LogP contribution in [0.5, 0.6) is 11.5 Å². The summed E-state index contributed by atoms with van der Waals surface area (Å²) < 4.78 is 10.7. The molecule has 0 heterocycles. The Labute approximate surface area is 164 Å². The van der Waals surface area contributed by atoms with Gasteiger partial charge in [0.15, 0.2) is 18.1 Å². The molecule has 0 atom stereocenters. The number of carbonyl (C=O) groups is 1. The Morgan fingerprint density at radius 2 is 1.96 bits per heavy atom. The van der Waals surface area contributed by atoms with Gasteiger partial charge >= 0.3 is 0 Å². The van der Waals surface area contributed by atoms with Gasteiger partial charge < -0.3 is 19.6 Å². The largest absolute Gasteiger partial charge is 0.493 e. The lowest BCUT2D eigenvalue weighted by Crippen LogP contribution is -2.18. The first kappa shape index (κ1) is 20.6. The van der Waals surface area contributed by atoms with Gasteiger partial charge in [0.05, 0.1) is 25.0 Å². The van der Waals surface area contributed by atoms with Crippen LogP contribution in [0.1, 0.15) is 23.6 Å². The number of hydrogen-bond donors (Lipinski definition) is 1. The van der Waals surface area contributed by atoms with Crippen molar-refractivity contribution in [2.24, 2.45) is 5.16 Å². The molecular weight excluding hydrogens is 368 g/mol. The lowest BCUT2D eigenvalue weighted by Gasteiger charge is -2.11. The van der Waals surface area contributed by atoms with E-state index in [0.717, 1.165) is 16.8 Å². The van der Waals surface area contributed by atoms with E-state index in [1.54, 1.807) is 12.1 Å². The summed E-state index contributed by atoms with van der Waals surface area (Å²) in [6.45, 7) is 6.01. The maximum Gasteiger partial charge on any atom is 0.265 e. The molecule has 2 rings (SSSR count). The average molecular weight is 391 g/mol. The van der Waals surface area contributed by atoms with Crippen molar-refractivity contribution in [2.45, 2.75) is 20.8 Å². The molecule has 0 saturated heterocycles. The highest BCUT2D eigenvalue weighted by molar-refractivity contribution is 6.32. The number of nitrogens with one attached hydrogen (secondary N) is 1. The van der Waals surface area contributed by atoms with Gasteiger partial charge in [-0.15, -0.1) is 0 Å². The number of para-hydroxylation sites is 1. The SMILES string of the molecule is CCOc1c(Cl)cc(/C=N\OCC(=O)Nc2c(C)cccc2C)cc1OC. The van der Waals surface area contributed by atoms with Crippen LogP contribution in [0.25, 0.3) is 0 Å². The fourth-order valence-corrected chi connectivity index (χ4v) is 2.75. The molecule has 1 amide bonds. The van der Waals surface area contributed by atoms with Crippen LogP contribution in [0.3, 0.4) is 0 Å². The van der Waals surface area contributed by atoms with Gasteiger partial charge in [-0.2, -0.15) is 0 Å². The summed E-state index contributed by atoms with van der Waals surface area (Å²) in [7, 11) is 1.53. The Morgan fingerprint density at radius 3 is 2.59 bits per heavy atom. The predicted molar refractivity (Wildman–Crippen MR) is 107 cm³/mol. The van der Waals surface area contributed by atoms with E-state index in [-0.39, 0.29) is 12.5 Å². The van der Waals surface area contributed by atoms with E-state index in [1.807, 2.05) is 39.0 Å². The molecule has 0 fully saturated rings. The fraction of sp³-hybridized carbons (Fsp3) is 0.300. The summed E-state index contributed by atoms with van der Waals surface area (Å²) in [5.74, 6) is 0.693. The molecule has 144 valence electrons. The molecule has 2 aromatic carbocycles. The first-order valence-corrected chi connectivity index (χ1v) is 8.85. The number of amides is 1. The Balaban J connectivity index is 1.96. The number of ether oxygens (including phenoxy) is 2. The van der Waals surface area contributed by atoms with E-state index >= 15 is 0 Å². The molecule has 0 aliphatic carbocycles. The van der Waals surface area contributed by atoms with Crippen molar-refractivity contribution in [2.75, 3.05) is 25.6 Å². The number of benzene rings is 2. The van der Waals surface area contributed by atoms with E-state index in [9.17, 15) is 4.79 Å². The third kappa shape index (κ3) is 5.62. The minimum absolute atomic E-state index is 0.202. The highest BCUT2D eigenvalue weighted by Crippen LogP contribution is 2.36. The summed E-state index contributed by atoms with van der Waals surface area (Å²) in [5.41, 5.74) is 3.43. The molecule has 0 spiro atoms. The van der Waals surface area contributed by atoms with Crippen LogP contribution in [0.2, 0.25) is 5.02 Å². The first-order chi connectivity index (χ1) is 13.0. The molecule has 0 radical (unpaired) electrons. The van der Waals surface area contributed by atoms with Gasteiger partial charge in [0.2, 0.25) is 0 Å². The molecule has 2 aromatic rings. The Bertz CT molecular complexity index is 817. The molecule has 6 nitrogen and oxygen atoms in total. The van der Waals surface area contributed by atoms with Gasteiger partial charge in [0.1, 0.15) is 0 Å². The molecule has 0 bridgehead atoms. The van der Waals surface area contributed by atoms with Crippen molar-refractivity contribution in [1.29, 1.82) is 0 Å². The maximum atomic E-state index is 12.0. The fourth-order valence-electron chi connectivity index (χ4n) is 2.48. The topological polar surface area (TPSA) is 69.2 Å². The second-order valence-corrected chi connectivity index (χ2v) is 6.20. The Hall–Kier alpha value is -2.73. The number of rotatable bonds is 8. The smallest absolute Gasteiger partial charge is 0.265 e. The summed E-state index contributed by atoms with van der Waals surface area (Å²) in [4.78, 5) is 17.1. The third-order valence-corrected chi connectivity index (χ3v) is 4.04. The van der Waals surface area contributed by atoms with E-state index in [1.165, 1.54) is 13.3 Å². The molecule has 1 N–H and O–H groups in total. The second kappa shape index (κ2) is 9.83. The molecule has 0 aliphatic rings. The van der Waals surface area contributed by atoms with Gasteiger partial charge in [-0.1, -0.05) is 35.0 Å². The van der Waals surface area contributed by atoms with Crippen molar-refractivity contribution < 1.29 is 19.1 Å². The van der Waals surface area contributed by atoms with E-state index in [2.05, 4.69) is 10.5 Å². The van der Waals surface area contributed by atoms with Gasteiger partial charge in [-0.05, 0) is 44.0 Å². The van der Waals surface area contributed by atoms with Crippen LogP contribution < -0.4 is 14.8 Å². The average Bonchev–Trinajstić information content (AvgIpc) is 2.64. The van der Waals surface area contributed by atoms with Crippen LogP contribution in [-0.2, 0) is 9.63 Å². The van der Waals surface area contributed by atoms with Crippen molar-refractivity contribution in [3.05, 3.63) is 52.0 Å². The van der Waals surface area contributed by atoms with Crippen molar-refractivity contribution in [1.82, 2.24) is 0 Å². The van der Waals surface area contributed by atoms with Crippen LogP contribution in [0.15, 0.2) is 35.5 Å². The van der Waals surface area contributed by atoms with E-state index in [0.29, 0.717) is 28.7 Å². The number of nitrogens with zero attached hydrogens (tertiary/aromatic N) is 1. The first-order valence-electron chi connectivity index (χ1n) is 8.48. The molecule has 0 aromatic heterocycles. The summed E-state index contributed by atoms with van der Waals surface area (Å²) in [6, 6.07) is 9.21. The minimum atomic E-state index is -0.285. The quantitative estimate of drug-likeness (QED) is 0.537. The molecule has 0 saturated carbocycles. The lowest BCUT2D eigenvalue weighted by molar-refractivity contribution is -0.120. The molecule has 7 heteroatoms. The van der Waals surface area contributed by atoms with Crippen molar-refractivity contribution >= 4 is 29.4 Å². The van der Waals surface area contributed by atoms with Gasteiger partial charge in [-0.3, -0.25) is 4.79 Å². The molecule has 0 aliphatic heterocycles. The van der Waals surface area contributed by atoms with Gasteiger partial charge in [-0.25, -0.2) is 0 Å². The number of anilines is 1. The number of methoxy groups -OCH3 is 1. The molecular formula is C20H23ClN2O4. The normalized spacial score (nSPS) is 10.7. The van der Waals surface area contributed by atoms with Crippen LogP contribution >= 0.6 is 11.6 Å². The van der Waals surface area contributed by atoms with Gasteiger partial charge in [0, 0.05) is 11.3 Å². The van der Waals surface area contributed by atoms with Crippen LogP contribution in [-0.4, -0.2) is 32.4 Å². The van der Waals surface area contributed by atoms with Crippen molar-refractivity contribution in [3.8, 4) is 11.5 Å². The number of aryl methyl sites for hydroxylation is 2.